The van der Waals surface area contributed by atoms with Crippen molar-refractivity contribution in [1.29, 1.82) is 0 Å². The van der Waals surface area contributed by atoms with Gasteiger partial charge in [-0.25, -0.2) is 4.39 Å². The Morgan fingerprint density at radius 1 is 1.00 bits per heavy atom. The lowest BCUT2D eigenvalue weighted by Gasteiger charge is -2.14. The van der Waals surface area contributed by atoms with E-state index in [1.54, 1.807) is 0 Å². The van der Waals surface area contributed by atoms with Crippen LogP contribution in [0.5, 0.6) is 0 Å². The van der Waals surface area contributed by atoms with E-state index in [-0.39, 0.29) is 5.56 Å². The molecule has 21 heavy (non-hydrogen) atoms. The van der Waals surface area contributed by atoms with Gasteiger partial charge < -0.3 is 10.4 Å². The first-order valence-electron chi connectivity index (χ1n) is 5.78. The minimum atomic E-state index is -1.82. The molecular weight excluding hydrogens is 295 g/mol. The standard InChI is InChI=1S/C13H9F5N2O/c14-7-4-2-1-3-6(7)8(21)5-19-11-9(15)12(17)20-13(18)10(11)16/h1-4,8,21H,5H2,(H,19,20). The molecule has 1 atom stereocenters. The maximum atomic E-state index is 13.4. The summed E-state index contributed by atoms with van der Waals surface area (Å²) >= 11 is 0. The van der Waals surface area contributed by atoms with Crippen LogP contribution in [0, 0.1) is 29.3 Å². The number of pyridine rings is 1. The van der Waals surface area contributed by atoms with Crippen molar-refractivity contribution in [3.8, 4) is 0 Å². The van der Waals surface area contributed by atoms with E-state index in [9.17, 15) is 27.1 Å². The number of aromatic nitrogens is 1. The van der Waals surface area contributed by atoms with E-state index in [0.717, 1.165) is 6.07 Å². The van der Waals surface area contributed by atoms with E-state index in [0.29, 0.717) is 0 Å². The van der Waals surface area contributed by atoms with Crippen molar-refractivity contribution >= 4 is 5.69 Å². The summed E-state index contributed by atoms with van der Waals surface area (Å²) in [6, 6.07) is 5.20. The Morgan fingerprint density at radius 3 is 2.14 bits per heavy atom. The van der Waals surface area contributed by atoms with E-state index in [1.165, 1.54) is 18.2 Å². The molecule has 1 unspecified atom stereocenters. The minimum Gasteiger partial charge on any atom is -0.386 e. The number of hydrogen-bond acceptors (Lipinski definition) is 3. The van der Waals surface area contributed by atoms with Gasteiger partial charge in [-0.3, -0.25) is 0 Å². The van der Waals surface area contributed by atoms with Crippen LogP contribution in [0.15, 0.2) is 24.3 Å². The Hall–Kier alpha value is -2.22. The van der Waals surface area contributed by atoms with Gasteiger partial charge in [-0.1, -0.05) is 18.2 Å². The second-order valence-electron chi connectivity index (χ2n) is 4.11. The normalized spacial score (nSPS) is 12.3. The fourth-order valence-electron chi connectivity index (χ4n) is 1.70. The first-order valence-corrected chi connectivity index (χ1v) is 5.78. The molecule has 0 fully saturated rings. The Morgan fingerprint density at radius 2 is 1.57 bits per heavy atom. The van der Waals surface area contributed by atoms with Crippen molar-refractivity contribution in [2.75, 3.05) is 11.9 Å². The number of aliphatic hydroxyl groups excluding tert-OH is 1. The van der Waals surface area contributed by atoms with Gasteiger partial charge in [0.15, 0.2) is 0 Å². The highest BCUT2D eigenvalue weighted by Gasteiger charge is 2.21. The Bertz CT molecular complexity index is 639. The van der Waals surface area contributed by atoms with Crippen LogP contribution in [0.25, 0.3) is 0 Å². The van der Waals surface area contributed by atoms with Gasteiger partial charge in [0, 0.05) is 12.1 Å². The molecule has 2 N–H and O–H groups in total. The van der Waals surface area contributed by atoms with Crippen molar-refractivity contribution in [2.24, 2.45) is 0 Å². The average molecular weight is 304 g/mol. The van der Waals surface area contributed by atoms with Gasteiger partial charge in [0.25, 0.3) is 11.9 Å². The van der Waals surface area contributed by atoms with Crippen molar-refractivity contribution in [3.63, 3.8) is 0 Å². The summed E-state index contributed by atoms with van der Waals surface area (Å²) in [6.07, 6.45) is -1.47. The molecule has 0 saturated heterocycles. The number of halogens is 5. The Labute approximate surface area is 116 Å². The first-order chi connectivity index (χ1) is 9.91. The van der Waals surface area contributed by atoms with Gasteiger partial charge in [0.05, 0.1) is 6.10 Å². The molecule has 1 aromatic heterocycles. The van der Waals surface area contributed by atoms with Crippen LogP contribution in [-0.2, 0) is 0 Å². The molecule has 1 aromatic carbocycles. The highest BCUT2D eigenvalue weighted by molar-refractivity contribution is 5.45. The minimum absolute atomic E-state index is 0.124. The highest BCUT2D eigenvalue weighted by Crippen LogP contribution is 2.23. The number of benzene rings is 1. The molecule has 2 aromatic rings. The molecule has 0 amide bonds. The zero-order valence-corrected chi connectivity index (χ0v) is 10.4. The fraction of sp³-hybridized carbons (Fsp3) is 0.154. The van der Waals surface area contributed by atoms with Crippen LogP contribution in [-0.4, -0.2) is 16.6 Å². The molecule has 0 aliphatic carbocycles. The fourth-order valence-corrected chi connectivity index (χ4v) is 1.70. The summed E-state index contributed by atoms with van der Waals surface area (Å²) in [4.78, 5) is 2.39. The molecule has 2 rings (SSSR count). The largest absolute Gasteiger partial charge is 0.386 e. The Balaban J connectivity index is 2.19. The summed E-state index contributed by atoms with van der Waals surface area (Å²) in [5.74, 6) is -7.82. The van der Waals surface area contributed by atoms with Crippen LogP contribution in [0.1, 0.15) is 11.7 Å². The second kappa shape index (κ2) is 6.04. The van der Waals surface area contributed by atoms with Crippen LogP contribution >= 0.6 is 0 Å². The maximum Gasteiger partial charge on any atom is 0.253 e. The molecule has 112 valence electrons. The lowest BCUT2D eigenvalue weighted by Crippen LogP contribution is -2.16. The molecule has 8 heteroatoms. The van der Waals surface area contributed by atoms with Crippen LogP contribution in [0.4, 0.5) is 27.6 Å². The van der Waals surface area contributed by atoms with Crippen molar-refractivity contribution in [1.82, 2.24) is 4.98 Å². The van der Waals surface area contributed by atoms with E-state index in [2.05, 4.69) is 4.98 Å². The summed E-state index contributed by atoms with van der Waals surface area (Å²) in [6.45, 7) is -0.558. The van der Waals surface area contributed by atoms with Gasteiger partial charge in [-0.2, -0.15) is 22.5 Å². The van der Waals surface area contributed by atoms with Gasteiger partial charge in [0.1, 0.15) is 11.5 Å². The average Bonchev–Trinajstić information content (AvgIpc) is 2.45. The maximum absolute atomic E-state index is 13.4. The van der Waals surface area contributed by atoms with Crippen LogP contribution < -0.4 is 5.32 Å². The Kier molecular flexibility index (Phi) is 4.37. The molecule has 0 saturated carbocycles. The predicted molar refractivity (Wildman–Crippen MR) is 63.9 cm³/mol. The third-order valence-electron chi connectivity index (χ3n) is 2.73. The van der Waals surface area contributed by atoms with Crippen LogP contribution in [0.2, 0.25) is 0 Å². The topological polar surface area (TPSA) is 45.1 Å². The lowest BCUT2D eigenvalue weighted by atomic mass is 10.1. The number of rotatable bonds is 4. The van der Waals surface area contributed by atoms with Crippen LogP contribution in [0.3, 0.4) is 0 Å². The molecule has 1 heterocycles. The van der Waals surface area contributed by atoms with Gasteiger partial charge >= 0.3 is 0 Å². The highest BCUT2D eigenvalue weighted by atomic mass is 19.2. The number of hydrogen-bond donors (Lipinski definition) is 2. The van der Waals surface area contributed by atoms with Gasteiger partial charge in [-0.15, -0.1) is 0 Å². The molecule has 0 bridgehead atoms. The van der Waals surface area contributed by atoms with Crippen molar-refractivity contribution < 1.29 is 27.1 Å². The number of nitrogens with one attached hydrogen (secondary N) is 1. The van der Waals surface area contributed by atoms with Gasteiger partial charge in [0.2, 0.25) is 11.6 Å². The summed E-state index contributed by atoms with van der Waals surface area (Å²) in [5, 5.41) is 11.7. The lowest BCUT2D eigenvalue weighted by molar-refractivity contribution is 0.186. The molecule has 0 aliphatic heterocycles. The molecule has 0 radical (unpaired) electrons. The second-order valence-corrected chi connectivity index (χ2v) is 4.11. The third kappa shape index (κ3) is 3.10. The molecular formula is C13H9F5N2O. The molecule has 0 spiro atoms. The van der Waals surface area contributed by atoms with E-state index in [4.69, 9.17) is 0 Å². The third-order valence-corrected chi connectivity index (χ3v) is 2.73. The predicted octanol–water partition coefficient (Wildman–Crippen LogP) is 2.92. The monoisotopic (exact) mass is 304 g/mol. The zero-order chi connectivity index (χ0) is 15.6. The summed E-state index contributed by atoms with van der Waals surface area (Å²) in [5.41, 5.74) is -1.24. The van der Waals surface area contributed by atoms with E-state index in [1.807, 2.05) is 5.32 Å². The number of nitrogens with zero attached hydrogens (tertiary/aromatic N) is 1. The van der Waals surface area contributed by atoms with E-state index < -0.39 is 47.7 Å². The van der Waals surface area contributed by atoms with Gasteiger partial charge in [-0.05, 0) is 6.07 Å². The number of anilines is 1. The summed E-state index contributed by atoms with van der Waals surface area (Å²) in [7, 11) is 0. The first kappa shape index (κ1) is 15.2. The molecule has 3 nitrogen and oxygen atoms in total. The van der Waals surface area contributed by atoms with Crippen molar-refractivity contribution in [2.45, 2.75) is 6.10 Å². The van der Waals surface area contributed by atoms with E-state index >= 15 is 0 Å². The zero-order valence-electron chi connectivity index (χ0n) is 10.4. The SMILES string of the molecule is OC(CNc1c(F)c(F)nc(F)c1F)c1ccccc1F. The quantitative estimate of drug-likeness (QED) is 0.674. The van der Waals surface area contributed by atoms with Crippen molar-refractivity contribution in [3.05, 3.63) is 59.2 Å². The molecule has 0 aliphatic rings. The number of aliphatic hydroxyl groups is 1. The smallest absolute Gasteiger partial charge is 0.253 e. The summed E-state index contributed by atoms with van der Waals surface area (Å²) < 4.78 is 65.8.